The summed E-state index contributed by atoms with van der Waals surface area (Å²) in [6.07, 6.45) is 28.1. The fraction of sp³-hybridized carbons (Fsp3) is 0.800. The minimum absolute atomic E-state index is 0.643. The van der Waals surface area contributed by atoms with Crippen molar-refractivity contribution < 1.29 is 8.76 Å². The topological polar surface area (TPSA) is 49.3 Å². The molecule has 0 heterocycles. The van der Waals surface area contributed by atoms with Crippen LogP contribution < -0.4 is 4.72 Å². The highest BCUT2D eigenvalue weighted by Crippen LogP contribution is 2.21. The molecule has 0 aliphatic heterocycles. The summed E-state index contributed by atoms with van der Waals surface area (Å²) in [5.41, 5.74) is 1.49. The van der Waals surface area contributed by atoms with E-state index in [0.717, 1.165) is 12.8 Å². The Morgan fingerprint density at radius 2 is 1.11 bits per heavy atom. The third-order valence-corrected chi connectivity index (χ3v) is 8.36. The number of thioether (sulfide) groups is 1. The number of aryl methyl sites for hydroxylation is 1. The predicted octanol–water partition coefficient (Wildman–Crippen LogP) is 9.87. The number of nitrogens with one attached hydrogen (secondary N) is 1. The average molecular weight is 526 g/mol. The van der Waals surface area contributed by atoms with Gasteiger partial charge >= 0.3 is 0 Å². The summed E-state index contributed by atoms with van der Waals surface area (Å²) < 4.78 is 21.6. The summed E-state index contributed by atoms with van der Waals surface area (Å²) in [6.45, 7) is 2.93. The first-order valence-electron chi connectivity index (χ1n) is 14.8. The lowest BCUT2D eigenvalue weighted by Gasteiger charge is -2.06. The van der Waals surface area contributed by atoms with Crippen molar-refractivity contribution in [2.24, 2.45) is 0 Å². The van der Waals surface area contributed by atoms with Crippen LogP contribution in [0.5, 0.6) is 0 Å². The monoisotopic (exact) mass is 525 g/mol. The molecule has 1 atom stereocenters. The Balaban J connectivity index is 1.87. The molecular weight excluding hydrogens is 470 g/mol. The van der Waals surface area contributed by atoms with E-state index < -0.39 is 11.3 Å². The Kier molecular flexibility index (Phi) is 23.6. The zero-order chi connectivity index (χ0) is 25.2. The average Bonchev–Trinajstić information content (AvgIpc) is 2.86. The molecule has 0 aromatic heterocycles. The lowest BCUT2D eigenvalue weighted by Crippen LogP contribution is -2.17. The van der Waals surface area contributed by atoms with E-state index >= 15 is 0 Å². The van der Waals surface area contributed by atoms with Crippen LogP contribution >= 0.6 is 11.8 Å². The van der Waals surface area contributed by atoms with Gasteiger partial charge in [0.15, 0.2) is 0 Å². The van der Waals surface area contributed by atoms with Gasteiger partial charge in [0.1, 0.15) is 0 Å². The summed E-state index contributed by atoms with van der Waals surface area (Å²) in [4.78, 5) is 1.43. The van der Waals surface area contributed by atoms with Crippen LogP contribution in [0.2, 0.25) is 0 Å². The van der Waals surface area contributed by atoms with Crippen LogP contribution in [0.3, 0.4) is 0 Å². The maximum Gasteiger partial charge on any atom is 0.231 e. The SMILES string of the molecule is CCCCCCCCCCCCSc1ccc(CCCCCCCCCCCCNS(=O)O)cc1. The van der Waals surface area contributed by atoms with Crippen LogP contribution in [-0.2, 0) is 17.7 Å². The van der Waals surface area contributed by atoms with Crippen LogP contribution in [0.15, 0.2) is 29.2 Å². The minimum Gasteiger partial charge on any atom is -0.294 e. The van der Waals surface area contributed by atoms with Crippen molar-refractivity contribution in [3.63, 3.8) is 0 Å². The van der Waals surface area contributed by atoms with Crippen molar-refractivity contribution in [1.29, 1.82) is 0 Å². The van der Waals surface area contributed by atoms with Gasteiger partial charge in [0.05, 0.1) is 0 Å². The second kappa shape index (κ2) is 25.3. The molecule has 2 N–H and O–H groups in total. The van der Waals surface area contributed by atoms with E-state index in [2.05, 4.69) is 35.9 Å². The van der Waals surface area contributed by atoms with Gasteiger partial charge in [-0.05, 0) is 49.1 Å². The molecule has 0 amide bonds. The Morgan fingerprint density at radius 3 is 1.63 bits per heavy atom. The molecule has 35 heavy (non-hydrogen) atoms. The molecule has 0 aliphatic rings. The highest BCUT2D eigenvalue weighted by atomic mass is 32.2. The van der Waals surface area contributed by atoms with Crippen LogP contribution in [0.25, 0.3) is 0 Å². The maximum absolute atomic E-state index is 10.5. The Morgan fingerprint density at radius 1 is 0.657 bits per heavy atom. The van der Waals surface area contributed by atoms with Gasteiger partial charge in [-0.2, -0.15) is 0 Å². The molecule has 1 aromatic rings. The molecule has 0 spiro atoms. The van der Waals surface area contributed by atoms with E-state index in [-0.39, 0.29) is 0 Å². The smallest absolute Gasteiger partial charge is 0.231 e. The van der Waals surface area contributed by atoms with E-state index in [1.165, 1.54) is 138 Å². The van der Waals surface area contributed by atoms with E-state index in [4.69, 9.17) is 4.55 Å². The summed E-state index contributed by atoms with van der Waals surface area (Å²) in [6, 6.07) is 9.34. The normalized spacial score (nSPS) is 12.3. The minimum atomic E-state index is -1.85. The molecule has 0 bridgehead atoms. The van der Waals surface area contributed by atoms with Gasteiger partial charge in [-0.3, -0.25) is 4.55 Å². The molecular formula is C30H55NO2S2. The van der Waals surface area contributed by atoms with Crippen LogP contribution in [0, 0.1) is 0 Å². The second-order valence-corrected chi connectivity index (χ2v) is 12.1. The first-order chi connectivity index (χ1) is 17.2. The Bertz CT molecular complexity index is 595. The van der Waals surface area contributed by atoms with Gasteiger partial charge in [-0.15, -0.1) is 11.8 Å². The van der Waals surface area contributed by atoms with Crippen LogP contribution in [0.4, 0.5) is 0 Å². The van der Waals surface area contributed by atoms with Crippen molar-refractivity contribution in [2.75, 3.05) is 12.3 Å². The molecule has 0 fully saturated rings. The van der Waals surface area contributed by atoms with Gasteiger partial charge in [0.25, 0.3) is 0 Å². The van der Waals surface area contributed by atoms with Crippen LogP contribution in [-0.4, -0.2) is 21.1 Å². The van der Waals surface area contributed by atoms with Crippen LogP contribution in [0.1, 0.15) is 141 Å². The zero-order valence-electron chi connectivity index (χ0n) is 22.7. The maximum atomic E-state index is 10.5. The molecule has 0 aliphatic carbocycles. The van der Waals surface area contributed by atoms with Crippen molar-refractivity contribution in [3.8, 4) is 0 Å². The van der Waals surface area contributed by atoms with Gasteiger partial charge < -0.3 is 0 Å². The summed E-state index contributed by atoms with van der Waals surface area (Å²) in [7, 11) is 0. The number of unbranched alkanes of at least 4 members (excludes halogenated alkanes) is 18. The van der Waals surface area contributed by atoms with Gasteiger partial charge in [0.2, 0.25) is 11.3 Å². The standard InChI is InChI=1S/C30H55NO2S2/c1-2-3-4-5-6-7-12-15-18-21-28-34-30-25-23-29(24-26-30)22-19-16-13-10-8-9-11-14-17-20-27-31-35(32)33/h23-26,31H,2-22,27-28H2,1H3,(H,32,33). The number of rotatable bonds is 26. The largest absolute Gasteiger partial charge is 0.294 e. The number of hydrogen-bond donors (Lipinski definition) is 2. The molecule has 5 heteroatoms. The first-order valence-corrected chi connectivity index (χ1v) is 16.9. The third kappa shape index (κ3) is 22.6. The molecule has 204 valence electrons. The van der Waals surface area contributed by atoms with E-state index in [1.54, 1.807) is 0 Å². The molecule has 0 saturated heterocycles. The lowest BCUT2D eigenvalue weighted by molar-refractivity contribution is 0.534. The van der Waals surface area contributed by atoms with E-state index in [0.29, 0.717) is 6.54 Å². The lowest BCUT2D eigenvalue weighted by atomic mass is 10.0. The molecule has 1 rings (SSSR count). The molecule has 3 nitrogen and oxygen atoms in total. The summed E-state index contributed by atoms with van der Waals surface area (Å²) >= 11 is 0.180. The quantitative estimate of drug-likeness (QED) is 0.0718. The van der Waals surface area contributed by atoms with Gasteiger partial charge in [0, 0.05) is 11.4 Å². The molecule has 1 unspecified atom stereocenters. The fourth-order valence-corrected chi connectivity index (χ4v) is 5.79. The summed E-state index contributed by atoms with van der Waals surface area (Å²) in [5.74, 6) is 1.26. The highest BCUT2D eigenvalue weighted by Gasteiger charge is 1.99. The highest BCUT2D eigenvalue weighted by molar-refractivity contribution is 7.99. The fourth-order valence-electron chi connectivity index (χ4n) is 4.56. The number of hydrogen-bond acceptors (Lipinski definition) is 2. The van der Waals surface area contributed by atoms with Crippen molar-refractivity contribution >= 4 is 23.0 Å². The van der Waals surface area contributed by atoms with Gasteiger partial charge in [-0.25, -0.2) is 8.93 Å². The number of benzene rings is 1. The summed E-state index contributed by atoms with van der Waals surface area (Å²) in [5, 5.41) is 0. The van der Waals surface area contributed by atoms with Gasteiger partial charge in [-0.1, -0.05) is 128 Å². The van der Waals surface area contributed by atoms with E-state index in [9.17, 15) is 4.21 Å². The third-order valence-electron chi connectivity index (χ3n) is 6.81. The zero-order valence-corrected chi connectivity index (χ0v) is 24.4. The first kappa shape index (κ1) is 32.7. The van der Waals surface area contributed by atoms with Crippen molar-refractivity contribution in [3.05, 3.63) is 29.8 Å². The van der Waals surface area contributed by atoms with E-state index in [1.807, 2.05) is 11.8 Å². The molecule has 0 saturated carbocycles. The molecule has 1 aromatic carbocycles. The van der Waals surface area contributed by atoms with Crippen molar-refractivity contribution in [1.82, 2.24) is 4.72 Å². The molecule has 0 radical (unpaired) electrons. The predicted molar refractivity (Wildman–Crippen MR) is 158 cm³/mol. The Hall–Kier alpha value is -0.360. The Labute approximate surface area is 224 Å². The van der Waals surface area contributed by atoms with Crippen molar-refractivity contribution in [2.45, 2.75) is 147 Å². The second-order valence-electron chi connectivity index (χ2n) is 10.1.